The van der Waals surface area contributed by atoms with Crippen molar-refractivity contribution in [3.05, 3.63) is 78.4 Å². The first-order valence-corrected chi connectivity index (χ1v) is 12.1. The lowest BCUT2D eigenvalue weighted by Gasteiger charge is -2.12. The van der Waals surface area contributed by atoms with Gasteiger partial charge in [0, 0.05) is 24.8 Å². The van der Waals surface area contributed by atoms with Crippen LogP contribution in [0.4, 0.5) is 4.39 Å². The zero-order valence-electron chi connectivity index (χ0n) is 19.9. The normalized spacial score (nSPS) is 12.5. The maximum absolute atomic E-state index is 14.7. The summed E-state index contributed by atoms with van der Waals surface area (Å²) in [6.45, 7) is 8.92. The van der Waals surface area contributed by atoms with Crippen LogP contribution in [0.2, 0.25) is 0 Å². The molecule has 1 heterocycles. The monoisotopic (exact) mass is 446 g/mol. The van der Waals surface area contributed by atoms with Gasteiger partial charge in [-0.2, -0.15) is 0 Å². The summed E-state index contributed by atoms with van der Waals surface area (Å²) in [7, 11) is 0. The smallest absolute Gasteiger partial charge is 0.131 e. The zero-order chi connectivity index (χ0) is 23.5. The Balaban J connectivity index is 1.55. The third-order valence-electron chi connectivity index (χ3n) is 5.71. The third-order valence-corrected chi connectivity index (χ3v) is 5.71. The molecule has 3 nitrogen and oxygen atoms in total. The lowest BCUT2D eigenvalue weighted by atomic mass is 10.0. The molecule has 0 radical (unpaired) electrons. The van der Waals surface area contributed by atoms with Crippen LogP contribution < -0.4 is 0 Å². The molecule has 0 saturated heterocycles. The predicted octanol–water partition coefficient (Wildman–Crippen LogP) is 7.94. The Morgan fingerprint density at radius 1 is 1.06 bits per heavy atom. The lowest BCUT2D eigenvalue weighted by Crippen LogP contribution is -2.08. The van der Waals surface area contributed by atoms with Gasteiger partial charge in [-0.1, -0.05) is 56.2 Å². The van der Waals surface area contributed by atoms with Crippen molar-refractivity contribution in [2.75, 3.05) is 6.61 Å². The molecule has 0 aliphatic carbocycles. The molecule has 4 heteroatoms. The highest BCUT2D eigenvalue weighted by Crippen LogP contribution is 2.25. The van der Waals surface area contributed by atoms with Crippen LogP contribution in [-0.2, 0) is 11.2 Å². The van der Waals surface area contributed by atoms with Gasteiger partial charge in [-0.05, 0) is 61.9 Å². The Labute approximate surface area is 197 Å². The summed E-state index contributed by atoms with van der Waals surface area (Å²) >= 11 is 0. The Hall–Kier alpha value is -2.85. The van der Waals surface area contributed by atoms with Crippen LogP contribution in [0.25, 0.3) is 28.2 Å². The quantitative estimate of drug-likeness (QED) is 0.197. The molecule has 1 aromatic heterocycles. The molecule has 174 valence electrons. The largest absolute Gasteiger partial charge is 0.379 e. The van der Waals surface area contributed by atoms with Crippen LogP contribution in [-0.4, -0.2) is 22.7 Å². The number of halogens is 1. The van der Waals surface area contributed by atoms with Gasteiger partial charge in [0.15, 0.2) is 0 Å². The number of aromatic nitrogens is 2. The number of hydrogen-bond donors (Lipinski definition) is 0. The molecule has 0 bridgehead atoms. The van der Waals surface area contributed by atoms with Crippen LogP contribution in [0.1, 0.15) is 63.6 Å². The first-order valence-electron chi connectivity index (χ1n) is 12.1. The van der Waals surface area contributed by atoms with E-state index < -0.39 is 0 Å². The molecule has 33 heavy (non-hydrogen) atoms. The fraction of sp³-hybridized carbons (Fsp3) is 0.379. The van der Waals surface area contributed by atoms with Crippen molar-refractivity contribution in [3.8, 4) is 11.1 Å². The topological polar surface area (TPSA) is 35.0 Å². The van der Waals surface area contributed by atoms with Gasteiger partial charge in [0.1, 0.15) is 5.82 Å². The van der Waals surface area contributed by atoms with Gasteiger partial charge in [0.05, 0.1) is 22.8 Å². The van der Waals surface area contributed by atoms with Crippen molar-refractivity contribution in [2.24, 2.45) is 0 Å². The second-order valence-electron chi connectivity index (χ2n) is 8.52. The summed E-state index contributed by atoms with van der Waals surface area (Å²) in [5, 5.41) is 0. The van der Waals surface area contributed by atoms with Crippen LogP contribution in [0.15, 0.2) is 61.3 Å². The SMILES string of the molecule is C=CCc1cnc2cc(-c3ccc(/C=C/CCCC(C)OCCCCC)c(F)c3)ccc2n1. The maximum Gasteiger partial charge on any atom is 0.131 e. The Bertz CT molecular complexity index is 1080. The van der Waals surface area contributed by atoms with Crippen molar-refractivity contribution >= 4 is 17.1 Å². The van der Waals surface area contributed by atoms with E-state index in [4.69, 9.17) is 4.74 Å². The summed E-state index contributed by atoms with van der Waals surface area (Å²) in [5.41, 5.74) is 4.89. The Morgan fingerprint density at radius 2 is 1.88 bits per heavy atom. The van der Waals surface area contributed by atoms with Gasteiger partial charge in [-0.15, -0.1) is 6.58 Å². The van der Waals surface area contributed by atoms with Crippen molar-refractivity contribution < 1.29 is 9.13 Å². The van der Waals surface area contributed by atoms with Crippen LogP contribution in [0.5, 0.6) is 0 Å². The number of benzene rings is 2. The van der Waals surface area contributed by atoms with E-state index in [2.05, 4.69) is 30.4 Å². The first-order chi connectivity index (χ1) is 16.1. The molecule has 0 aliphatic heterocycles. The highest BCUT2D eigenvalue weighted by molar-refractivity contribution is 5.81. The molecule has 0 saturated carbocycles. The van der Waals surface area contributed by atoms with Crippen LogP contribution in [0, 0.1) is 5.82 Å². The minimum absolute atomic E-state index is 0.219. The van der Waals surface area contributed by atoms with E-state index in [1.807, 2.05) is 48.6 Å². The number of hydrogen-bond acceptors (Lipinski definition) is 3. The molecule has 0 aliphatic rings. The van der Waals surface area contributed by atoms with Gasteiger partial charge in [-0.25, -0.2) is 9.37 Å². The molecular formula is C29H35FN2O. The van der Waals surface area contributed by atoms with E-state index in [9.17, 15) is 4.39 Å². The standard InChI is InChI=1S/C29H35FN2O/c1-4-6-10-18-33-22(3)12-8-7-9-13-23-14-15-24(19-27(23)30)25-16-17-28-29(20-25)31-21-26(32-28)11-5-2/h5,9,13-17,19-22H,2,4,6-8,10-12,18H2,1,3H3/b13-9+. The van der Waals surface area contributed by atoms with E-state index in [0.29, 0.717) is 12.0 Å². The van der Waals surface area contributed by atoms with Crippen molar-refractivity contribution in [1.29, 1.82) is 0 Å². The predicted molar refractivity (Wildman–Crippen MR) is 137 cm³/mol. The number of fused-ring (bicyclic) bond motifs is 1. The number of nitrogens with zero attached hydrogens (tertiary/aromatic N) is 2. The van der Waals surface area contributed by atoms with Gasteiger partial charge in [0.2, 0.25) is 0 Å². The molecule has 0 amide bonds. The maximum atomic E-state index is 14.7. The third kappa shape index (κ3) is 7.61. The highest BCUT2D eigenvalue weighted by atomic mass is 19.1. The van der Waals surface area contributed by atoms with Crippen molar-refractivity contribution in [2.45, 2.75) is 64.9 Å². The molecule has 0 fully saturated rings. The molecule has 1 atom stereocenters. The highest BCUT2D eigenvalue weighted by Gasteiger charge is 2.06. The molecular weight excluding hydrogens is 411 g/mol. The number of ether oxygens (including phenoxy) is 1. The summed E-state index contributed by atoms with van der Waals surface area (Å²) in [6, 6.07) is 11.2. The number of unbranched alkanes of at least 4 members (excludes halogenated alkanes) is 3. The molecule has 3 aromatic rings. The van der Waals surface area contributed by atoms with Gasteiger partial charge in [0.25, 0.3) is 0 Å². The average molecular weight is 447 g/mol. The van der Waals surface area contributed by atoms with Gasteiger partial charge >= 0.3 is 0 Å². The molecule has 3 rings (SSSR count). The minimum Gasteiger partial charge on any atom is -0.379 e. The van der Waals surface area contributed by atoms with E-state index in [0.717, 1.165) is 60.1 Å². The zero-order valence-corrected chi connectivity index (χ0v) is 19.9. The second kappa shape index (κ2) is 13.0. The Kier molecular flexibility index (Phi) is 9.77. The van der Waals surface area contributed by atoms with Gasteiger partial charge in [-0.3, -0.25) is 4.98 Å². The average Bonchev–Trinajstić information content (AvgIpc) is 2.82. The lowest BCUT2D eigenvalue weighted by molar-refractivity contribution is 0.0566. The fourth-order valence-corrected chi connectivity index (χ4v) is 3.77. The fourth-order valence-electron chi connectivity index (χ4n) is 3.77. The number of rotatable bonds is 13. The molecule has 2 aromatic carbocycles. The summed E-state index contributed by atoms with van der Waals surface area (Å²) in [6.07, 6.45) is 15.0. The molecule has 0 spiro atoms. The van der Waals surface area contributed by atoms with Gasteiger partial charge < -0.3 is 4.74 Å². The first kappa shape index (κ1) is 24.8. The van der Waals surface area contributed by atoms with E-state index >= 15 is 0 Å². The molecule has 0 N–H and O–H groups in total. The van der Waals surface area contributed by atoms with Crippen LogP contribution in [0.3, 0.4) is 0 Å². The summed E-state index contributed by atoms with van der Waals surface area (Å²) in [4.78, 5) is 9.08. The van der Waals surface area contributed by atoms with Crippen LogP contribution >= 0.6 is 0 Å². The minimum atomic E-state index is -0.219. The van der Waals surface area contributed by atoms with E-state index in [1.165, 1.54) is 12.8 Å². The van der Waals surface area contributed by atoms with Crippen molar-refractivity contribution in [3.63, 3.8) is 0 Å². The summed E-state index contributed by atoms with van der Waals surface area (Å²) < 4.78 is 20.5. The molecule has 1 unspecified atom stereocenters. The summed E-state index contributed by atoms with van der Waals surface area (Å²) in [5.74, 6) is -0.219. The van der Waals surface area contributed by atoms with Crippen molar-refractivity contribution in [1.82, 2.24) is 9.97 Å². The second-order valence-corrected chi connectivity index (χ2v) is 8.52. The van der Waals surface area contributed by atoms with E-state index in [1.54, 1.807) is 12.3 Å². The van der Waals surface area contributed by atoms with E-state index in [-0.39, 0.29) is 11.9 Å². The Morgan fingerprint density at radius 3 is 2.67 bits per heavy atom. The number of allylic oxidation sites excluding steroid dienone is 2.